The van der Waals surface area contributed by atoms with E-state index >= 15 is 0 Å². The highest BCUT2D eigenvalue weighted by molar-refractivity contribution is 5.93. The third-order valence-electron chi connectivity index (χ3n) is 6.48. The molecule has 2 heterocycles. The van der Waals surface area contributed by atoms with Crippen molar-refractivity contribution < 1.29 is 10.0 Å². The third kappa shape index (κ3) is 5.21. The predicted octanol–water partition coefficient (Wildman–Crippen LogP) is 4.36. The summed E-state index contributed by atoms with van der Waals surface area (Å²) >= 11 is 0. The highest BCUT2D eigenvalue weighted by atomic mass is 16.5. The first-order valence-electron chi connectivity index (χ1n) is 10.8. The summed E-state index contributed by atoms with van der Waals surface area (Å²) in [7, 11) is 0. The molecule has 1 amide bonds. The Morgan fingerprint density at radius 3 is 2.93 bits per heavy atom. The van der Waals surface area contributed by atoms with Gasteiger partial charge in [-0.25, -0.2) is 5.48 Å². The van der Waals surface area contributed by atoms with Crippen LogP contribution < -0.4 is 5.48 Å². The van der Waals surface area contributed by atoms with E-state index < -0.39 is 5.91 Å². The van der Waals surface area contributed by atoms with E-state index in [4.69, 9.17) is 5.21 Å². The van der Waals surface area contributed by atoms with Gasteiger partial charge in [0.25, 0.3) is 5.91 Å². The van der Waals surface area contributed by atoms with E-state index in [1.807, 2.05) is 6.07 Å². The fourth-order valence-electron chi connectivity index (χ4n) is 4.78. The summed E-state index contributed by atoms with van der Waals surface area (Å²) in [4.78, 5) is 18.9. The number of allylic oxidation sites excluding steroid dienone is 2. The highest BCUT2D eigenvalue weighted by Gasteiger charge is 2.29. The number of hydrogen-bond acceptors (Lipinski definition) is 4. The van der Waals surface area contributed by atoms with Gasteiger partial charge in [-0.2, -0.15) is 0 Å². The van der Waals surface area contributed by atoms with E-state index in [1.54, 1.807) is 11.7 Å². The third-order valence-corrected chi connectivity index (χ3v) is 6.48. The quantitative estimate of drug-likeness (QED) is 0.459. The standard InChI is InChI=1S/C23H35N3O2/c1-4-21-12-22-20(11-19(13-24-22)23(27)25-28)15-26(21)14-18-9-8-16(2)6-5-7-17(3)10-18/h5-6,11,13,16-18,21,28H,4,7-10,12,14-15H2,1-3H3,(H,25,27)/b6-5-/t16-,17-,18+,21+/m0/s1. The average Bonchev–Trinajstić information content (AvgIpc) is 2.77. The van der Waals surface area contributed by atoms with Crippen LogP contribution in [0.2, 0.25) is 0 Å². The van der Waals surface area contributed by atoms with Crippen LogP contribution in [0.3, 0.4) is 0 Å². The monoisotopic (exact) mass is 385 g/mol. The maximum absolute atomic E-state index is 11.8. The number of fused-ring (bicyclic) bond motifs is 1. The van der Waals surface area contributed by atoms with E-state index in [0.717, 1.165) is 43.1 Å². The molecule has 1 aliphatic heterocycles. The Morgan fingerprint density at radius 1 is 1.36 bits per heavy atom. The summed E-state index contributed by atoms with van der Waals surface area (Å²) in [6.45, 7) is 8.92. The van der Waals surface area contributed by atoms with Gasteiger partial charge >= 0.3 is 0 Å². The van der Waals surface area contributed by atoms with Crippen molar-refractivity contribution in [3.05, 3.63) is 41.2 Å². The molecule has 0 unspecified atom stereocenters. The van der Waals surface area contributed by atoms with Crippen LogP contribution in [0, 0.1) is 17.8 Å². The van der Waals surface area contributed by atoms with E-state index in [-0.39, 0.29) is 0 Å². The van der Waals surface area contributed by atoms with Crippen LogP contribution >= 0.6 is 0 Å². The van der Waals surface area contributed by atoms with Crippen LogP contribution in [0.15, 0.2) is 24.4 Å². The lowest BCUT2D eigenvalue weighted by Gasteiger charge is -2.38. The molecule has 0 radical (unpaired) electrons. The first-order valence-corrected chi connectivity index (χ1v) is 10.8. The second-order valence-corrected chi connectivity index (χ2v) is 8.89. The van der Waals surface area contributed by atoms with Crippen molar-refractivity contribution in [2.45, 2.75) is 71.9 Å². The maximum atomic E-state index is 11.8. The molecule has 0 bridgehead atoms. The molecule has 3 rings (SSSR count). The van der Waals surface area contributed by atoms with Crippen molar-refractivity contribution in [3.8, 4) is 0 Å². The molecule has 1 aromatic heterocycles. The van der Waals surface area contributed by atoms with E-state index in [2.05, 4.69) is 42.8 Å². The lowest BCUT2D eigenvalue weighted by atomic mass is 9.87. The van der Waals surface area contributed by atoms with Gasteiger partial charge in [0.1, 0.15) is 0 Å². The number of nitrogens with zero attached hydrogens (tertiary/aromatic N) is 2. The van der Waals surface area contributed by atoms with Crippen molar-refractivity contribution in [2.24, 2.45) is 17.8 Å². The Balaban J connectivity index is 1.74. The molecule has 5 nitrogen and oxygen atoms in total. The zero-order chi connectivity index (χ0) is 20.1. The van der Waals surface area contributed by atoms with Crippen molar-refractivity contribution in [3.63, 3.8) is 0 Å². The molecule has 5 heteroatoms. The van der Waals surface area contributed by atoms with E-state index in [9.17, 15) is 4.79 Å². The molecule has 4 atom stereocenters. The number of nitrogens with one attached hydrogen (secondary N) is 1. The first kappa shape index (κ1) is 21.0. The number of rotatable bonds is 4. The van der Waals surface area contributed by atoms with Crippen molar-refractivity contribution in [2.75, 3.05) is 6.54 Å². The zero-order valence-corrected chi connectivity index (χ0v) is 17.5. The maximum Gasteiger partial charge on any atom is 0.276 e. The molecule has 2 aliphatic rings. The Bertz CT molecular complexity index is 703. The normalized spacial score (nSPS) is 29.9. The molecule has 28 heavy (non-hydrogen) atoms. The van der Waals surface area contributed by atoms with Crippen LogP contribution in [0.1, 0.15) is 74.5 Å². The van der Waals surface area contributed by atoms with Crippen molar-refractivity contribution >= 4 is 5.91 Å². The molecule has 1 aromatic rings. The minimum atomic E-state index is -0.494. The number of hydrogen-bond donors (Lipinski definition) is 2. The molecule has 0 spiro atoms. The number of aromatic nitrogens is 1. The molecule has 2 N–H and O–H groups in total. The SMILES string of the molecule is CC[C@@H]1Cc2ncc(C(=O)NO)cc2CN1C[C@@H]1CC[C@@H](C)/C=C\C[C@H](C)C1. The fourth-order valence-corrected chi connectivity index (χ4v) is 4.78. The topological polar surface area (TPSA) is 65.5 Å². The van der Waals surface area contributed by atoms with Gasteiger partial charge in [0, 0.05) is 37.4 Å². The van der Waals surface area contributed by atoms with Crippen molar-refractivity contribution in [1.82, 2.24) is 15.4 Å². The second-order valence-electron chi connectivity index (χ2n) is 8.89. The molecule has 0 saturated carbocycles. The van der Waals surface area contributed by atoms with Gasteiger partial charge < -0.3 is 0 Å². The molecular formula is C23H35N3O2. The second kappa shape index (κ2) is 9.66. The molecule has 0 fully saturated rings. The summed E-state index contributed by atoms with van der Waals surface area (Å²) < 4.78 is 0. The Kier molecular flexibility index (Phi) is 7.24. The summed E-state index contributed by atoms with van der Waals surface area (Å²) in [5, 5.41) is 8.92. The molecule has 154 valence electrons. The van der Waals surface area contributed by atoms with Crippen LogP contribution in [0.4, 0.5) is 0 Å². The van der Waals surface area contributed by atoms with Gasteiger partial charge in [-0.3, -0.25) is 19.9 Å². The van der Waals surface area contributed by atoms with Gasteiger partial charge in [0.05, 0.1) is 5.56 Å². The minimum absolute atomic E-state index is 0.423. The van der Waals surface area contributed by atoms with Crippen molar-refractivity contribution in [1.29, 1.82) is 0 Å². The lowest BCUT2D eigenvalue weighted by Crippen LogP contribution is -2.43. The fraction of sp³-hybridized carbons (Fsp3) is 0.652. The summed E-state index contributed by atoms with van der Waals surface area (Å²) in [5.74, 6) is 1.61. The number of amides is 1. The largest absolute Gasteiger partial charge is 0.295 e. The first-order chi connectivity index (χ1) is 13.5. The molecule has 0 saturated heterocycles. The summed E-state index contributed by atoms with van der Waals surface area (Å²) in [5.41, 5.74) is 4.36. The average molecular weight is 386 g/mol. The highest BCUT2D eigenvalue weighted by Crippen LogP contribution is 2.30. The smallest absolute Gasteiger partial charge is 0.276 e. The number of pyridine rings is 1. The molecule has 0 aromatic carbocycles. The van der Waals surface area contributed by atoms with Crippen LogP contribution in [-0.2, 0) is 13.0 Å². The molecular weight excluding hydrogens is 350 g/mol. The van der Waals surface area contributed by atoms with Gasteiger partial charge in [-0.05, 0) is 61.5 Å². The number of carbonyl (C=O) groups is 1. The van der Waals surface area contributed by atoms with E-state index in [1.165, 1.54) is 25.7 Å². The van der Waals surface area contributed by atoms with Gasteiger partial charge in [0.2, 0.25) is 0 Å². The van der Waals surface area contributed by atoms with Crippen LogP contribution in [-0.4, -0.2) is 33.6 Å². The van der Waals surface area contributed by atoms with Crippen LogP contribution in [0.25, 0.3) is 0 Å². The lowest BCUT2D eigenvalue weighted by molar-refractivity contribution is 0.0705. The summed E-state index contributed by atoms with van der Waals surface area (Å²) in [6, 6.07) is 2.40. The Labute approximate surface area is 169 Å². The minimum Gasteiger partial charge on any atom is -0.295 e. The number of hydroxylamine groups is 1. The van der Waals surface area contributed by atoms with Gasteiger partial charge in [0.15, 0.2) is 0 Å². The van der Waals surface area contributed by atoms with Gasteiger partial charge in [-0.1, -0.05) is 32.9 Å². The Morgan fingerprint density at radius 2 is 2.18 bits per heavy atom. The number of carbonyl (C=O) groups excluding carboxylic acids is 1. The Hall–Kier alpha value is -1.72. The van der Waals surface area contributed by atoms with Gasteiger partial charge in [-0.15, -0.1) is 0 Å². The summed E-state index contributed by atoms with van der Waals surface area (Å²) in [6.07, 6.45) is 13.4. The van der Waals surface area contributed by atoms with E-state index in [0.29, 0.717) is 23.4 Å². The zero-order valence-electron chi connectivity index (χ0n) is 17.5. The molecule has 1 aliphatic carbocycles. The predicted molar refractivity (Wildman–Crippen MR) is 111 cm³/mol. The van der Waals surface area contributed by atoms with Crippen LogP contribution in [0.5, 0.6) is 0 Å².